The summed E-state index contributed by atoms with van der Waals surface area (Å²) in [7, 11) is 0. The van der Waals surface area contributed by atoms with Crippen LogP contribution in [0.2, 0.25) is 0 Å². The van der Waals surface area contributed by atoms with Crippen molar-refractivity contribution in [3.63, 3.8) is 0 Å². The Kier molecular flexibility index (Phi) is 8.24. The number of carboxylic acid groups (broad SMARTS) is 1. The van der Waals surface area contributed by atoms with E-state index in [9.17, 15) is 19.5 Å². The smallest absolute Gasteiger partial charge is 0.407 e. The average Bonchev–Trinajstić information content (AvgIpc) is 3.13. The molecule has 0 aliphatic heterocycles. The maximum Gasteiger partial charge on any atom is 0.407 e. The average molecular weight is 451 g/mol. The van der Waals surface area contributed by atoms with Crippen LogP contribution in [0.5, 0.6) is 0 Å². The maximum atomic E-state index is 12.7. The van der Waals surface area contributed by atoms with E-state index in [-0.39, 0.29) is 18.9 Å². The van der Waals surface area contributed by atoms with Gasteiger partial charge in [0.25, 0.3) is 0 Å². The molecule has 2 atom stereocenters. The van der Waals surface area contributed by atoms with Crippen molar-refractivity contribution in [2.24, 2.45) is 0 Å². The highest BCUT2D eigenvalue weighted by Crippen LogP contribution is 2.44. The molecule has 0 bridgehead atoms. The molecule has 0 spiro atoms. The van der Waals surface area contributed by atoms with Gasteiger partial charge in [-0.05, 0) is 35.1 Å². The Bertz CT molecular complexity index is 974. The topological polar surface area (TPSA) is 105 Å². The zero-order chi connectivity index (χ0) is 23.8. The molecule has 2 aromatic rings. The maximum absolute atomic E-state index is 12.7. The molecule has 0 saturated heterocycles. The highest BCUT2D eigenvalue weighted by molar-refractivity contribution is 5.89. The van der Waals surface area contributed by atoms with Gasteiger partial charge in [-0.2, -0.15) is 0 Å². The first-order chi connectivity index (χ1) is 16.0. The van der Waals surface area contributed by atoms with Gasteiger partial charge in [0.05, 0.1) is 0 Å². The normalized spacial score (nSPS) is 13.8. The molecule has 33 heavy (non-hydrogen) atoms. The summed E-state index contributed by atoms with van der Waals surface area (Å²) in [6, 6.07) is 14.1. The molecule has 2 amide bonds. The van der Waals surface area contributed by atoms with Crippen molar-refractivity contribution in [3.05, 3.63) is 72.3 Å². The fourth-order valence-corrected chi connectivity index (χ4v) is 4.12. The number of ether oxygens (including phenoxy) is 1. The van der Waals surface area contributed by atoms with Crippen molar-refractivity contribution in [1.29, 1.82) is 0 Å². The number of nitrogens with one attached hydrogen (secondary N) is 2. The van der Waals surface area contributed by atoms with E-state index < -0.39 is 30.1 Å². The fraction of sp³-hybridized carbons (Fsp3) is 0.346. The Hall–Kier alpha value is -3.61. The summed E-state index contributed by atoms with van der Waals surface area (Å²) in [5.41, 5.74) is 4.45. The van der Waals surface area contributed by atoms with E-state index in [2.05, 4.69) is 29.3 Å². The first kappa shape index (κ1) is 24.0. The van der Waals surface area contributed by atoms with Crippen LogP contribution in [0.1, 0.15) is 49.7 Å². The summed E-state index contributed by atoms with van der Waals surface area (Å²) in [6.45, 7) is 5.63. The predicted molar refractivity (Wildman–Crippen MR) is 126 cm³/mol. The number of rotatable bonds is 11. The van der Waals surface area contributed by atoms with Gasteiger partial charge in [-0.15, -0.1) is 6.58 Å². The second kappa shape index (κ2) is 11.3. The highest BCUT2D eigenvalue weighted by Gasteiger charge is 2.30. The summed E-state index contributed by atoms with van der Waals surface area (Å²) >= 11 is 0. The predicted octanol–water partition coefficient (Wildman–Crippen LogP) is 4.23. The molecular weight excluding hydrogens is 420 g/mol. The SMILES string of the molecule is C=CCC(NC(=O)C(CCCC)NC(=O)OCC1c2ccccc2-c2ccccc21)C(=O)O. The van der Waals surface area contributed by atoms with E-state index in [0.29, 0.717) is 12.8 Å². The third-order valence-corrected chi connectivity index (χ3v) is 5.82. The number of carboxylic acids is 1. The van der Waals surface area contributed by atoms with Crippen LogP contribution in [0, 0.1) is 0 Å². The van der Waals surface area contributed by atoms with E-state index in [1.165, 1.54) is 6.08 Å². The van der Waals surface area contributed by atoms with Crippen LogP contribution in [0.3, 0.4) is 0 Å². The van der Waals surface area contributed by atoms with Gasteiger partial charge in [-0.3, -0.25) is 4.79 Å². The van der Waals surface area contributed by atoms with Crippen LogP contribution < -0.4 is 10.6 Å². The second-order valence-corrected chi connectivity index (χ2v) is 8.09. The number of unbranched alkanes of at least 4 members (excludes halogenated alkanes) is 1. The lowest BCUT2D eigenvalue weighted by atomic mass is 9.98. The van der Waals surface area contributed by atoms with Crippen LogP contribution in [-0.4, -0.2) is 41.8 Å². The van der Waals surface area contributed by atoms with E-state index in [0.717, 1.165) is 28.7 Å². The van der Waals surface area contributed by atoms with Crippen LogP contribution in [0.4, 0.5) is 4.79 Å². The fourth-order valence-electron chi connectivity index (χ4n) is 4.12. The molecule has 2 unspecified atom stereocenters. The van der Waals surface area contributed by atoms with Gasteiger partial charge < -0.3 is 20.5 Å². The Morgan fingerprint density at radius 2 is 1.64 bits per heavy atom. The van der Waals surface area contributed by atoms with Gasteiger partial charge >= 0.3 is 12.1 Å². The molecule has 0 heterocycles. The Morgan fingerprint density at radius 3 is 2.18 bits per heavy atom. The van der Waals surface area contributed by atoms with E-state index in [1.54, 1.807) is 0 Å². The minimum Gasteiger partial charge on any atom is -0.480 e. The standard InChI is InChI=1S/C26H30N2O5/c1-3-5-15-22(24(29)27-23(10-4-2)25(30)31)28-26(32)33-16-21-19-13-8-6-11-17(19)18-12-7-9-14-20(18)21/h4,6-9,11-14,21-23H,2-3,5,10,15-16H2,1H3,(H,27,29)(H,28,32)(H,30,31). The Balaban J connectivity index is 1.65. The number of fused-ring (bicyclic) bond motifs is 3. The lowest BCUT2D eigenvalue weighted by Crippen LogP contribution is -2.51. The third kappa shape index (κ3) is 5.80. The molecule has 3 N–H and O–H groups in total. The van der Waals surface area contributed by atoms with Crippen LogP contribution in [0.25, 0.3) is 11.1 Å². The molecule has 7 nitrogen and oxygen atoms in total. The zero-order valence-electron chi connectivity index (χ0n) is 18.8. The Labute approximate surface area is 193 Å². The van der Waals surface area contributed by atoms with Crippen molar-refractivity contribution in [2.75, 3.05) is 6.61 Å². The number of carbonyl (C=O) groups excluding carboxylic acids is 2. The quantitative estimate of drug-likeness (QED) is 0.445. The van der Waals surface area contributed by atoms with E-state index in [4.69, 9.17) is 4.74 Å². The van der Waals surface area contributed by atoms with Crippen molar-refractivity contribution in [3.8, 4) is 11.1 Å². The van der Waals surface area contributed by atoms with E-state index in [1.807, 2.05) is 43.3 Å². The molecule has 0 radical (unpaired) electrons. The number of carbonyl (C=O) groups is 3. The first-order valence-electron chi connectivity index (χ1n) is 11.2. The summed E-state index contributed by atoms with van der Waals surface area (Å²) < 4.78 is 5.54. The molecule has 0 fully saturated rings. The summed E-state index contributed by atoms with van der Waals surface area (Å²) in [6.07, 6.45) is 2.72. The lowest BCUT2D eigenvalue weighted by molar-refractivity contribution is -0.142. The molecular formula is C26H30N2O5. The minimum atomic E-state index is -1.15. The van der Waals surface area contributed by atoms with Crippen LogP contribution in [-0.2, 0) is 14.3 Å². The van der Waals surface area contributed by atoms with Crippen molar-refractivity contribution >= 4 is 18.0 Å². The molecule has 1 aliphatic rings. The van der Waals surface area contributed by atoms with Gasteiger partial charge in [0.2, 0.25) is 5.91 Å². The number of hydrogen-bond acceptors (Lipinski definition) is 4. The molecule has 2 aromatic carbocycles. The number of benzene rings is 2. The van der Waals surface area contributed by atoms with Crippen LogP contribution >= 0.6 is 0 Å². The minimum absolute atomic E-state index is 0.0879. The van der Waals surface area contributed by atoms with Crippen molar-refractivity contribution in [2.45, 2.75) is 50.6 Å². The third-order valence-electron chi connectivity index (χ3n) is 5.82. The molecule has 174 valence electrons. The van der Waals surface area contributed by atoms with Gasteiger partial charge in [0.15, 0.2) is 0 Å². The summed E-state index contributed by atoms with van der Waals surface area (Å²) in [5, 5.41) is 14.4. The second-order valence-electron chi connectivity index (χ2n) is 8.09. The largest absolute Gasteiger partial charge is 0.480 e. The molecule has 0 aromatic heterocycles. The van der Waals surface area contributed by atoms with Crippen molar-refractivity contribution in [1.82, 2.24) is 10.6 Å². The monoisotopic (exact) mass is 450 g/mol. The zero-order valence-corrected chi connectivity index (χ0v) is 18.8. The summed E-state index contributed by atoms with van der Waals surface area (Å²) in [4.78, 5) is 36.6. The van der Waals surface area contributed by atoms with Crippen molar-refractivity contribution < 1.29 is 24.2 Å². The molecule has 1 aliphatic carbocycles. The molecule has 3 rings (SSSR count). The number of amides is 2. The molecule has 0 saturated carbocycles. The highest BCUT2D eigenvalue weighted by atomic mass is 16.5. The number of aliphatic carboxylic acids is 1. The number of hydrogen-bond donors (Lipinski definition) is 3. The van der Waals surface area contributed by atoms with Gasteiger partial charge in [-0.25, -0.2) is 9.59 Å². The first-order valence-corrected chi connectivity index (χ1v) is 11.2. The van der Waals surface area contributed by atoms with Gasteiger partial charge in [0, 0.05) is 5.92 Å². The van der Waals surface area contributed by atoms with Crippen LogP contribution in [0.15, 0.2) is 61.2 Å². The molecule has 7 heteroatoms. The van der Waals surface area contributed by atoms with Gasteiger partial charge in [0.1, 0.15) is 18.7 Å². The lowest BCUT2D eigenvalue weighted by Gasteiger charge is -2.21. The summed E-state index contributed by atoms with van der Waals surface area (Å²) in [5.74, 6) is -1.79. The number of alkyl carbamates (subject to hydrolysis) is 1. The van der Waals surface area contributed by atoms with Gasteiger partial charge in [-0.1, -0.05) is 74.4 Å². The Morgan fingerprint density at radius 1 is 1.03 bits per heavy atom. The van der Waals surface area contributed by atoms with E-state index >= 15 is 0 Å².